The van der Waals surface area contributed by atoms with Crippen molar-refractivity contribution in [3.8, 4) is 11.8 Å². The number of hydrogen-bond acceptors (Lipinski definition) is 3. The van der Waals surface area contributed by atoms with Crippen LogP contribution in [0, 0.1) is 17.8 Å². The molecule has 21 heavy (non-hydrogen) atoms. The molecule has 1 saturated heterocycles. The fourth-order valence-electron chi connectivity index (χ4n) is 2.69. The van der Waals surface area contributed by atoms with Crippen LogP contribution in [0.4, 0.5) is 0 Å². The summed E-state index contributed by atoms with van der Waals surface area (Å²) in [6, 6.07) is 3.58. The largest absolute Gasteiger partial charge is 0.337 e. The molecule has 0 bridgehead atoms. The molecule has 1 amide bonds. The van der Waals surface area contributed by atoms with Crippen LogP contribution in [0.5, 0.6) is 0 Å². The molecule has 4 nitrogen and oxygen atoms in total. The highest BCUT2D eigenvalue weighted by Crippen LogP contribution is 2.21. The number of nitrogens with zero attached hydrogens (tertiary/aromatic N) is 2. The van der Waals surface area contributed by atoms with Crippen LogP contribution in [0.2, 0.25) is 0 Å². The summed E-state index contributed by atoms with van der Waals surface area (Å²) in [4.78, 5) is 18.7. The Kier molecular flexibility index (Phi) is 5.77. The SMILES string of the molecule is CCC1CCCN(C(=O)c2ccc(C#CCN)cn2)CC1. The zero-order chi connectivity index (χ0) is 15.1. The molecule has 112 valence electrons. The lowest BCUT2D eigenvalue weighted by molar-refractivity contribution is 0.0754. The second kappa shape index (κ2) is 7.80. The Balaban J connectivity index is 2.02. The van der Waals surface area contributed by atoms with Crippen LogP contribution in [0.15, 0.2) is 18.3 Å². The van der Waals surface area contributed by atoms with Crippen LogP contribution < -0.4 is 5.73 Å². The summed E-state index contributed by atoms with van der Waals surface area (Å²) in [6.45, 7) is 4.23. The second-order valence-electron chi connectivity index (χ2n) is 5.44. The van der Waals surface area contributed by atoms with E-state index in [1.807, 2.05) is 11.0 Å². The van der Waals surface area contributed by atoms with Crippen LogP contribution in [-0.2, 0) is 0 Å². The van der Waals surface area contributed by atoms with Gasteiger partial charge in [-0.2, -0.15) is 0 Å². The van der Waals surface area contributed by atoms with Crippen molar-refractivity contribution in [1.29, 1.82) is 0 Å². The van der Waals surface area contributed by atoms with Crippen molar-refractivity contribution in [3.05, 3.63) is 29.6 Å². The number of nitrogens with two attached hydrogens (primary N) is 1. The Morgan fingerprint density at radius 3 is 2.95 bits per heavy atom. The van der Waals surface area contributed by atoms with E-state index in [1.165, 1.54) is 12.8 Å². The van der Waals surface area contributed by atoms with Crippen molar-refractivity contribution in [1.82, 2.24) is 9.88 Å². The van der Waals surface area contributed by atoms with E-state index in [0.717, 1.165) is 37.4 Å². The standard InChI is InChI=1S/C17H23N3O/c1-2-14-6-4-11-20(12-9-14)17(21)16-8-7-15(13-19-16)5-3-10-18/h7-8,13-14H,2,4,6,9-12,18H2,1H3. The minimum atomic E-state index is 0.0325. The summed E-state index contributed by atoms with van der Waals surface area (Å²) in [6.07, 6.45) is 6.26. The van der Waals surface area contributed by atoms with Gasteiger partial charge in [-0.3, -0.25) is 4.79 Å². The van der Waals surface area contributed by atoms with Gasteiger partial charge in [0, 0.05) is 24.8 Å². The van der Waals surface area contributed by atoms with Gasteiger partial charge in [0.25, 0.3) is 5.91 Å². The summed E-state index contributed by atoms with van der Waals surface area (Å²) in [5.41, 5.74) is 6.63. The average molecular weight is 285 g/mol. The highest BCUT2D eigenvalue weighted by Gasteiger charge is 2.21. The molecule has 0 spiro atoms. The van der Waals surface area contributed by atoms with Gasteiger partial charge in [-0.25, -0.2) is 4.98 Å². The molecule has 4 heteroatoms. The Morgan fingerprint density at radius 1 is 1.43 bits per heavy atom. The van der Waals surface area contributed by atoms with Crippen LogP contribution in [0.3, 0.4) is 0 Å². The number of amides is 1. The topological polar surface area (TPSA) is 59.2 Å². The number of carbonyl (C=O) groups is 1. The maximum Gasteiger partial charge on any atom is 0.272 e. The summed E-state index contributed by atoms with van der Waals surface area (Å²) in [5.74, 6) is 6.48. The summed E-state index contributed by atoms with van der Waals surface area (Å²) < 4.78 is 0. The van der Waals surface area contributed by atoms with Gasteiger partial charge in [-0.1, -0.05) is 25.2 Å². The van der Waals surface area contributed by atoms with Gasteiger partial charge in [0.05, 0.1) is 6.54 Å². The fraction of sp³-hybridized carbons (Fsp3) is 0.529. The van der Waals surface area contributed by atoms with Gasteiger partial charge < -0.3 is 10.6 Å². The molecular formula is C17H23N3O. The molecule has 1 aliphatic rings. The number of hydrogen-bond donors (Lipinski definition) is 1. The van der Waals surface area contributed by atoms with Crippen molar-refractivity contribution >= 4 is 5.91 Å². The highest BCUT2D eigenvalue weighted by molar-refractivity contribution is 5.92. The molecule has 2 rings (SSSR count). The van der Waals surface area contributed by atoms with Crippen molar-refractivity contribution < 1.29 is 4.79 Å². The number of likely N-dealkylation sites (tertiary alicyclic amines) is 1. The monoisotopic (exact) mass is 285 g/mol. The van der Waals surface area contributed by atoms with Gasteiger partial charge in [0.1, 0.15) is 5.69 Å². The van der Waals surface area contributed by atoms with Crippen LogP contribution in [-0.4, -0.2) is 35.4 Å². The van der Waals surface area contributed by atoms with E-state index in [0.29, 0.717) is 12.2 Å². The van der Waals surface area contributed by atoms with E-state index in [9.17, 15) is 4.79 Å². The molecule has 1 aromatic rings. The Labute approximate surface area is 126 Å². The minimum Gasteiger partial charge on any atom is -0.337 e. The van der Waals surface area contributed by atoms with Gasteiger partial charge in [-0.05, 0) is 37.3 Å². The van der Waals surface area contributed by atoms with Crippen LogP contribution >= 0.6 is 0 Å². The van der Waals surface area contributed by atoms with Crippen LogP contribution in [0.1, 0.15) is 48.7 Å². The number of aromatic nitrogens is 1. The lowest BCUT2D eigenvalue weighted by Gasteiger charge is -2.20. The normalized spacial score (nSPS) is 18.6. The van der Waals surface area contributed by atoms with E-state index in [-0.39, 0.29) is 5.91 Å². The predicted molar refractivity (Wildman–Crippen MR) is 83.7 cm³/mol. The third-order valence-corrected chi connectivity index (χ3v) is 4.03. The minimum absolute atomic E-state index is 0.0325. The van der Waals surface area contributed by atoms with Crippen molar-refractivity contribution in [2.75, 3.05) is 19.6 Å². The number of carbonyl (C=O) groups excluding carboxylic acids is 1. The first-order chi connectivity index (χ1) is 10.2. The first-order valence-electron chi connectivity index (χ1n) is 7.69. The third kappa shape index (κ3) is 4.30. The summed E-state index contributed by atoms with van der Waals surface area (Å²) in [5, 5.41) is 0. The maximum absolute atomic E-state index is 12.5. The zero-order valence-corrected chi connectivity index (χ0v) is 12.6. The molecule has 0 aliphatic carbocycles. The lowest BCUT2D eigenvalue weighted by atomic mass is 9.98. The van der Waals surface area contributed by atoms with E-state index in [1.54, 1.807) is 12.3 Å². The first-order valence-corrected chi connectivity index (χ1v) is 7.69. The zero-order valence-electron chi connectivity index (χ0n) is 12.6. The Hall–Kier alpha value is -1.86. The molecule has 0 saturated carbocycles. The summed E-state index contributed by atoms with van der Waals surface area (Å²) in [7, 11) is 0. The number of rotatable bonds is 2. The average Bonchev–Trinajstić information content (AvgIpc) is 2.78. The molecule has 1 fully saturated rings. The molecule has 1 aromatic heterocycles. The van der Waals surface area contributed by atoms with Crippen molar-refractivity contribution in [3.63, 3.8) is 0 Å². The van der Waals surface area contributed by atoms with E-state index >= 15 is 0 Å². The summed E-state index contributed by atoms with van der Waals surface area (Å²) >= 11 is 0. The molecule has 2 heterocycles. The third-order valence-electron chi connectivity index (χ3n) is 4.03. The number of pyridine rings is 1. The molecule has 1 atom stereocenters. The highest BCUT2D eigenvalue weighted by atomic mass is 16.2. The molecular weight excluding hydrogens is 262 g/mol. The van der Waals surface area contributed by atoms with E-state index in [2.05, 4.69) is 23.7 Å². The van der Waals surface area contributed by atoms with Crippen molar-refractivity contribution in [2.45, 2.75) is 32.6 Å². The van der Waals surface area contributed by atoms with E-state index < -0.39 is 0 Å². The molecule has 0 radical (unpaired) electrons. The van der Waals surface area contributed by atoms with E-state index in [4.69, 9.17) is 5.73 Å². The maximum atomic E-state index is 12.5. The van der Waals surface area contributed by atoms with Crippen LogP contribution in [0.25, 0.3) is 0 Å². The fourth-order valence-corrected chi connectivity index (χ4v) is 2.69. The van der Waals surface area contributed by atoms with Gasteiger partial charge >= 0.3 is 0 Å². The quantitative estimate of drug-likeness (QED) is 0.846. The molecule has 1 unspecified atom stereocenters. The lowest BCUT2D eigenvalue weighted by Crippen LogP contribution is -2.32. The van der Waals surface area contributed by atoms with Gasteiger partial charge in [-0.15, -0.1) is 0 Å². The second-order valence-corrected chi connectivity index (χ2v) is 5.44. The molecule has 0 aromatic carbocycles. The molecule has 2 N–H and O–H groups in total. The predicted octanol–water partition coefficient (Wildman–Crippen LogP) is 2.04. The first kappa shape index (κ1) is 15.5. The Bertz CT molecular complexity index is 527. The molecule has 1 aliphatic heterocycles. The van der Waals surface area contributed by atoms with Gasteiger partial charge in [0.2, 0.25) is 0 Å². The van der Waals surface area contributed by atoms with Crippen molar-refractivity contribution in [2.24, 2.45) is 11.7 Å². The Morgan fingerprint density at radius 2 is 2.29 bits per heavy atom. The van der Waals surface area contributed by atoms with Gasteiger partial charge in [0.15, 0.2) is 0 Å². The smallest absolute Gasteiger partial charge is 0.272 e.